The highest BCUT2D eigenvalue weighted by molar-refractivity contribution is 5.10. The summed E-state index contributed by atoms with van der Waals surface area (Å²) in [4.78, 5) is 0. The van der Waals surface area contributed by atoms with Crippen molar-refractivity contribution in [3.63, 3.8) is 0 Å². The molecule has 2 rings (SSSR count). The Balaban J connectivity index is 0.000000181. The summed E-state index contributed by atoms with van der Waals surface area (Å²) in [6.45, 7) is 8.35. The van der Waals surface area contributed by atoms with Gasteiger partial charge in [0, 0.05) is 0 Å². The highest BCUT2D eigenvalue weighted by Crippen LogP contribution is 2.28. The molecule has 0 N–H and O–H groups in total. The van der Waals surface area contributed by atoms with E-state index >= 15 is 0 Å². The van der Waals surface area contributed by atoms with E-state index in [0.29, 0.717) is 0 Å². The molecular formula is C16H26. The smallest absolute Gasteiger partial charge is 0.0169 e. The average Bonchev–Trinajstić information content (AvgIpc) is 2.32. The highest BCUT2D eigenvalue weighted by Gasteiger charge is 2.12. The molecule has 0 aromatic carbocycles. The number of rotatable bonds is 1. The third-order valence-electron chi connectivity index (χ3n) is 3.43. The topological polar surface area (TPSA) is 0 Å². The third-order valence-corrected chi connectivity index (χ3v) is 3.43. The Bertz CT molecular complexity index is 260. The molecule has 0 fully saturated rings. The summed E-state index contributed by atoms with van der Waals surface area (Å²) in [5.41, 5.74) is 2.90. The number of hydrogen-bond acceptors (Lipinski definition) is 0. The van der Waals surface area contributed by atoms with Crippen molar-refractivity contribution in [1.82, 2.24) is 0 Å². The van der Waals surface area contributed by atoms with Crippen LogP contribution in [0, 0.1) is 5.92 Å². The minimum absolute atomic E-state index is 0.769. The van der Waals surface area contributed by atoms with E-state index in [1.807, 2.05) is 0 Å². The van der Waals surface area contributed by atoms with Crippen molar-refractivity contribution < 1.29 is 0 Å². The lowest BCUT2D eigenvalue weighted by atomic mass is 9.85. The summed E-state index contributed by atoms with van der Waals surface area (Å²) >= 11 is 0. The Hall–Kier alpha value is -0.780. The van der Waals surface area contributed by atoms with Crippen LogP contribution in [0.3, 0.4) is 0 Å². The van der Waals surface area contributed by atoms with Gasteiger partial charge in [-0.3, -0.25) is 0 Å². The fourth-order valence-electron chi connectivity index (χ4n) is 2.29. The summed E-state index contributed by atoms with van der Waals surface area (Å²) in [7, 11) is 0. The van der Waals surface area contributed by atoms with Gasteiger partial charge >= 0.3 is 0 Å². The molecular weight excluding hydrogens is 192 g/mol. The minimum Gasteiger partial charge on any atom is -0.0998 e. The maximum absolute atomic E-state index is 3.99. The molecule has 1 unspecified atom stereocenters. The van der Waals surface area contributed by atoms with Gasteiger partial charge in [0.25, 0.3) is 0 Å². The van der Waals surface area contributed by atoms with Crippen molar-refractivity contribution in [3.05, 3.63) is 36.0 Å². The van der Waals surface area contributed by atoms with Crippen LogP contribution < -0.4 is 0 Å². The van der Waals surface area contributed by atoms with Crippen LogP contribution in [-0.4, -0.2) is 0 Å². The zero-order chi connectivity index (χ0) is 11.8. The van der Waals surface area contributed by atoms with Crippen LogP contribution in [0.1, 0.15) is 58.8 Å². The van der Waals surface area contributed by atoms with E-state index in [1.54, 1.807) is 5.57 Å². The van der Waals surface area contributed by atoms with Gasteiger partial charge in [-0.15, -0.1) is 0 Å². The van der Waals surface area contributed by atoms with Gasteiger partial charge in [0.1, 0.15) is 0 Å². The molecule has 0 saturated heterocycles. The standard InChI is InChI=1S/C10H16.C6H10/c1-8(2)10-6-4-5-9(3)7-10;1-2-4-6-5-3-1/h5,10H,1,4,6-7H2,2-3H3;1-2H,3-6H2. The summed E-state index contributed by atoms with van der Waals surface area (Å²) in [6.07, 6.45) is 16.2. The van der Waals surface area contributed by atoms with Gasteiger partial charge in [-0.05, 0) is 64.7 Å². The monoisotopic (exact) mass is 218 g/mol. The first-order valence-electron chi connectivity index (χ1n) is 6.66. The summed E-state index contributed by atoms with van der Waals surface area (Å²) in [6, 6.07) is 0. The zero-order valence-corrected chi connectivity index (χ0v) is 11.0. The molecule has 0 bridgehead atoms. The molecule has 0 spiro atoms. The minimum atomic E-state index is 0.769. The van der Waals surface area contributed by atoms with E-state index in [1.165, 1.54) is 50.5 Å². The molecule has 0 radical (unpaired) electrons. The lowest BCUT2D eigenvalue weighted by Crippen LogP contribution is -2.05. The molecule has 0 aliphatic heterocycles. The Morgan fingerprint density at radius 1 is 1.19 bits per heavy atom. The van der Waals surface area contributed by atoms with E-state index in [2.05, 4.69) is 38.7 Å². The zero-order valence-electron chi connectivity index (χ0n) is 11.0. The van der Waals surface area contributed by atoms with Crippen molar-refractivity contribution in [2.75, 3.05) is 0 Å². The predicted octanol–water partition coefficient (Wildman–Crippen LogP) is 5.43. The van der Waals surface area contributed by atoms with Crippen LogP contribution >= 0.6 is 0 Å². The lowest BCUT2D eigenvalue weighted by molar-refractivity contribution is 0.536. The molecule has 0 heteroatoms. The van der Waals surface area contributed by atoms with Gasteiger partial charge in [-0.1, -0.05) is 36.0 Å². The Kier molecular flexibility index (Phi) is 6.22. The van der Waals surface area contributed by atoms with Crippen molar-refractivity contribution in [3.8, 4) is 0 Å². The second kappa shape index (κ2) is 7.49. The van der Waals surface area contributed by atoms with Crippen LogP contribution in [0.4, 0.5) is 0 Å². The number of hydrogen-bond donors (Lipinski definition) is 0. The van der Waals surface area contributed by atoms with Gasteiger partial charge in [0.15, 0.2) is 0 Å². The maximum Gasteiger partial charge on any atom is -0.0169 e. The van der Waals surface area contributed by atoms with E-state index in [9.17, 15) is 0 Å². The number of allylic oxidation sites excluding steroid dienone is 5. The molecule has 0 saturated carbocycles. The van der Waals surface area contributed by atoms with Gasteiger partial charge in [0.05, 0.1) is 0 Å². The summed E-state index contributed by atoms with van der Waals surface area (Å²) < 4.78 is 0. The Morgan fingerprint density at radius 3 is 2.12 bits per heavy atom. The van der Waals surface area contributed by atoms with Crippen LogP contribution in [-0.2, 0) is 0 Å². The molecule has 2 aliphatic carbocycles. The van der Waals surface area contributed by atoms with E-state index in [0.717, 1.165) is 5.92 Å². The lowest BCUT2D eigenvalue weighted by Gasteiger charge is -2.20. The van der Waals surface area contributed by atoms with Crippen molar-refractivity contribution in [1.29, 1.82) is 0 Å². The van der Waals surface area contributed by atoms with Crippen molar-refractivity contribution >= 4 is 0 Å². The van der Waals surface area contributed by atoms with Gasteiger partial charge in [-0.25, -0.2) is 0 Å². The third kappa shape index (κ3) is 5.34. The van der Waals surface area contributed by atoms with Crippen LogP contribution in [0.15, 0.2) is 36.0 Å². The molecule has 0 amide bonds. The second-order valence-corrected chi connectivity index (χ2v) is 5.13. The molecule has 2 aliphatic rings. The molecule has 16 heavy (non-hydrogen) atoms. The first-order valence-corrected chi connectivity index (χ1v) is 6.66. The molecule has 0 nitrogen and oxygen atoms in total. The van der Waals surface area contributed by atoms with Crippen molar-refractivity contribution in [2.45, 2.75) is 58.8 Å². The van der Waals surface area contributed by atoms with E-state index in [-0.39, 0.29) is 0 Å². The molecule has 0 heterocycles. The second-order valence-electron chi connectivity index (χ2n) is 5.13. The fourth-order valence-corrected chi connectivity index (χ4v) is 2.29. The van der Waals surface area contributed by atoms with E-state index < -0.39 is 0 Å². The van der Waals surface area contributed by atoms with E-state index in [4.69, 9.17) is 0 Å². The van der Waals surface area contributed by atoms with Gasteiger partial charge in [0.2, 0.25) is 0 Å². The highest BCUT2D eigenvalue weighted by atomic mass is 14.2. The molecule has 0 aromatic rings. The fraction of sp³-hybridized carbons (Fsp3) is 0.625. The van der Waals surface area contributed by atoms with Gasteiger partial charge in [-0.2, -0.15) is 0 Å². The largest absolute Gasteiger partial charge is 0.0998 e. The molecule has 0 aromatic heterocycles. The Morgan fingerprint density at radius 2 is 1.81 bits per heavy atom. The summed E-state index contributed by atoms with van der Waals surface area (Å²) in [5.74, 6) is 0.769. The van der Waals surface area contributed by atoms with Crippen molar-refractivity contribution in [2.24, 2.45) is 5.92 Å². The first-order chi connectivity index (χ1) is 7.70. The van der Waals surface area contributed by atoms with Crippen LogP contribution in [0.25, 0.3) is 0 Å². The predicted molar refractivity (Wildman–Crippen MR) is 73.5 cm³/mol. The summed E-state index contributed by atoms with van der Waals surface area (Å²) in [5, 5.41) is 0. The SMILES string of the molecule is C1=CCCCC1.C=C(C)C1CCC=C(C)C1. The van der Waals surface area contributed by atoms with Crippen LogP contribution in [0.2, 0.25) is 0 Å². The average molecular weight is 218 g/mol. The van der Waals surface area contributed by atoms with Crippen LogP contribution in [0.5, 0.6) is 0 Å². The van der Waals surface area contributed by atoms with Gasteiger partial charge < -0.3 is 0 Å². The maximum atomic E-state index is 3.99. The Labute approximate surface area is 101 Å². The normalized spacial score (nSPS) is 24.1. The first kappa shape index (κ1) is 13.3. The molecule has 1 atom stereocenters. The quantitative estimate of drug-likeness (QED) is 0.515. The molecule has 90 valence electrons.